The molecule has 2 aliphatic carbocycles. The van der Waals surface area contributed by atoms with Gasteiger partial charge in [-0.1, -0.05) is 56.3 Å². The second-order valence-electron chi connectivity index (χ2n) is 7.66. The molecule has 0 spiro atoms. The van der Waals surface area contributed by atoms with Gasteiger partial charge in [-0.3, -0.25) is 0 Å². The Hall–Kier alpha value is -2.67. The number of rotatable bonds is 8. The fourth-order valence-electron chi connectivity index (χ4n) is 3.43. The number of carbonyl (C=O) groups excluding carboxylic acids is 2. The SMILES string of the molecule is CC(C)c1ccc2c(CCCC=NNC(=O)Nc3ccccc3)cc(C(=O)[O-])c-2cc1.[Na+]. The van der Waals surface area contributed by atoms with Crippen LogP contribution < -0.4 is 45.4 Å². The molecule has 0 unspecified atom stereocenters. The van der Waals surface area contributed by atoms with Crippen molar-refractivity contribution in [1.29, 1.82) is 0 Å². The van der Waals surface area contributed by atoms with Crippen molar-refractivity contribution in [3.8, 4) is 11.1 Å². The van der Waals surface area contributed by atoms with Crippen LogP contribution in [0.25, 0.3) is 11.1 Å². The molecule has 0 aliphatic heterocycles. The van der Waals surface area contributed by atoms with Gasteiger partial charge in [0.2, 0.25) is 0 Å². The summed E-state index contributed by atoms with van der Waals surface area (Å²) in [5, 5.41) is 18.2. The van der Waals surface area contributed by atoms with Crippen LogP contribution in [0.4, 0.5) is 10.5 Å². The van der Waals surface area contributed by atoms with E-state index in [0.29, 0.717) is 30.0 Å². The van der Waals surface area contributed by atoms with Gasteiger partial charge in [0.05, 0.1) is 5.97 Å². The summed E-state index contributed by atoms with van der Waals surface area (Å²) in [6.07, 6.45) is 3.77. The van der Waals surface area contributed by atoms with Crippen LogP contribution in [-0.4, -0.2) is 18.2 Å². The van der Waals surface area contributed by atoms with Crippen LogP contribution in [0.1, 0.15) is 54.1 Å². The van der Waals surface area contributed by atoms with E-state index in [2.05, 4.69) is 29.7 Å². The average molecular weight is 439 g/mol. The van der Waals surface area contributed by atoms with Crippen LogP contribution in [-0.2, 0) is 6.42 Å². The summed E-state index contributed by atoms with van der Waals surface area (Å²) in [4.78, 5) is 23.4. The van der Waals surface area contributed by atoms with E-state index in [9.17, 15) is 14.7 Å². The molecule has 32 heavy (non-hydrogen) atoms. The first-order valence-corrected chi connectivity index (χ1v) is 10.4. The molecule has 3 rings (SSSR count). The van der Waals surface area contributed by atoms with Crippen LogP contribution >= 0.6 is 0 Å². The first-order chi connectivity index (χ1) is 15.0. The number of carboxylic acid groups (broad SMARTS) is 1. The second-order valence-corrected chi connectivity index (χ2v) is 7.66. The van der Waals surface area contributed by atoms with Crippen LogP contribution in [0.5, 0.6) is 0 Å². The van der Waals surface area contributed by atoms with Gasteiger partial charge in [-0.25, -0.2) is 10.2 Å². The van der Waals surface area contributed by atoms with E-state index >= 15 is 0 Å². The molecular formula is C25H26N3NaO3. The first-order valence-electron chi connectivity index (χ1n) is 10.4. The smallest absolute Gasteiger partial charge is 0.545 e. The maximum atomic E-state index is 11.8. The van der Waals surface area contributed by atoms with Crippen molar-refractivity contribution >= 4 is 23.9 Å². The molecule has 1 aromatic rings. The Kier molecular flexibility index (Phi) is 9.91. The second kappa shape index (κ2) is 12.4. The number of hydrogen-bond donors (Lipinski definition) is 2. The maximum Gasteiger partial charge on any atom is 1.00 e. The number of hydrogen-bond acceptors (Lipinski definition) is 4. The number of aryl methyl sites for hydroxylation is 1. The molecule has 0 atom stereocenters. The van der Waals surface area contributed by atoms with Crippen molar-refractivity contribution in [2.75, 3.05) is 5.32 Å². The number of fused-ring (bicyclic) bond motifs is 1. The van der Waals surface area contributed by atoms with E-state index < -0.39 is 12.0 Å². The Balaban J connectivity index is 0.00000363. The van der Waals surface area contributed by atoms with Gasteiger partial charge in [-0.15, -0.1) is 0 Å². The Morgan fingerprint density at radius 2 is 1.72 bits per heavy atom. The molecule has 2 amide bonds. The van der Waals surface area contributed by atoms with Crippen molar-refractivity contribution in [3.05, 3.63) is 77.4 Å². The number of nitrogens with one attached hydrogen (secondary N) is 2. The summed E-state index contributed by atoms with van der Waals surface area (Å²) >= 11 is 0. The fourth-order valence-corrected chi connectivity index (χ4v) is 3.43. The van der Waals surface area contributed by atoms with E-state index in [-0.39, 0.29) is 35.1 Å². The summed E-state index contributed by atoms with van der Waals surface area (Å²) in [5.74, 6) is -0.808. The number of nitrogens with zero attached hydrogens (tertiary/aromatic N) is 1. The van der Waals surface area contributed by atoms with Crippen LogP contribution in [0.2, 0.25) is 0 Å². The minimum Gasteiger partial charge on any atom is -0.545 e. The zero-order valence-electron chi connectivity index (χ0n) is 18.7. The van der Waals surface area contributed by atoms with Gasteiger partial charge >= 0.3 is 35.6 Å². The summed E-state index contributed by atoms with van der Waals surface area (Å²) in [7, 11) is 0. The summed E-state index contributed by atoms with van der Waals surface area (Å²) in [6, 6.07) is 18.3. The predicted molar refractivity (Wildman–Crippen MR) is 122 cm³/mol. The van der Waals surface area contributed by atoms with Gasteiger partial charge in [0.25, 0.3) is 0 Å². The molecule has 7 heteroatoms. The van der Waals surface area contributed by atoms with Crippen LogP contribution in [0.15, 0.2) is 65.8 Å². The van der Waals surface area contributed by atoms with E-state index in [4.69, 9.17) is 0 Å². The van der Waals surface area contributed by atoms with Gasteiger partial charge in [0.15, 0.2) is 0 Å². The molecule has 2 aliphatic rings. The third-order valence-electron chi connectivity index (χ3n) is 5.08. The van der Waals surface area contributed by atoms with E-state index in [1.807, 2.05) is 42.5 Å². The Labute approximate surface area is 210 Å². The van der Waals surface area contributed by atoms with E-state index in [1.54, 1.807) is 24.4 Å². The topological polar surface area (TPSA) is 93.6 Å². The largest absolute Gasteiger partial charge is 1.00 e. The summed E-state index contributed by atoms with van der Waals surface area (Å²) in [5.41, 5.74) is 7.11. The number of unbranched alkanes of at least 4 members (excludes halogenated alkanes) is 1. The Bertz CT molecular complexity index is 1050. The first kappa shape index (κ1) is 25.6. The third-order valence-corrected chi connectivity index (χ3v) is 5.08. The number of carbonyl (C=O) groups is 2. The molecule has 0 saturated heterocycles. The molecule has 0 aromatic heterocycles. The summed E-state index contributed by atoms with van der Waals surface area (Å²) < 4.78 is 0. The Morgan fingerprint density at radius 1 is 1.03 bits per heavy atom. The maximum absolute atomic E-state index is 11.8. The molecule has 6 nitrogen and oxygen atoms in total. The molecule has 0 bridgehead atoms. The number of anilines is 1. The average Bonchev–Trinajstić information content (AvgIpc) is 2.93. The van der Waals surface area contributed by atoms with Gasteiger partial charge < -0.3 is 15.2 Å². The number of hydrazone groups is 1. The fraction of sp³-hybridized carbons (Fsp3) is 0.240. The number of benzene rings is 1. The molecule has 0 radical (unpaired) electrons. The van der Waals surface area contributed by atoms with Gasteiger partial charge in [-0.05, 0) is 65.6 Å². The summed E-state index contributed by atoms with van der Waals surface area (Å²) in [6.45, 7) is 4.21. The zero-order valence-corrected chi connectivity index (χ0v) is 20.7. The van der Waals surface area contributed by atoms with Crippen molar-refractivity contribution < 1.29 is 44.3 Å². The van der Waals surface area contributed by atoms with Gasteiger partial charge in [0, 0.05) is 17.5 Å². The number of amides is 2. The number of para-hydroxylation sites is 1. The standard InChI is InChI=1S/C25H27N3O3.Na/c1-17(2)18-11-13-21-19(16-23(24(29)30)22(21)14-12-18)8-6-7-15-26-28-25(31)27-20-9-4-3-5-10-20;/h3-5,9-17H,6-8H2,1-2H3,(H,29,30)(H2,27,28,31);/q;+1/p-1. The minimum absolute atomic E-state index is 0. The van der Waals surface area contributed by atoms with Crippen molar-refractivity contribution in [1.82, 2.24) is 5.43 Å². The molecule has 0 saturated carbocycles. The third kappa shape index (κ3) is 6.92. The van der Waals surface area contributed by atoms with Crippen LogP contribution in [0.3, 0.4) is 0 Å². The van der Waals surface area contributed by atoms with Gasteiger partial charge in [-0.2, -0.15) is 5.10 Å². The van der Waals surface area contributed by atoms with E-state index in [1.165, 1.54) is 0 Å². The normalized spacial score (nSPS) is 10.8. The molecule has 160 valence electrons. The number of aromatic carboxylic acids is 1. The van der Waals surface area contributed by atoms with Crippen molar-refractivity contribution in [2.24, 2.45) is 5.10 Å². The number of carboxylic acids is 1. The molecule has 2 N–H and O–H groups in total. The van der Waals surface area contributed by atoms with Crippen molar-refractivity contribution in [2.45, 2.75) is 39.0 Å². The molecule has 0 fully saturated rings. The predicted octanol–water partition coefficient (Wildman–Crippen LogP) is 1.41. The molecular weight excluding hydrogens is 413 g/mol. The van der Waals surface area contributed by atoms with E-state index in [0.717, 1.165) is 23.1 Å². The quantitative estimate of drug-likeness (QED) is 0.241. The molecule has 1 aromatic carbocycles. The zero-order chi connectivity index (χ0) is 22.2. The van der Waals surface area contributed by atoms with Crippen molar-refractivity contribution in [3.63, 3.8) is 0 Å². The monoisotopic (exact) mass is 439 g/mol. The number of urea groups is 1. The molecule has 0 heterocycles. The van der Waals surface area contributed by atoms with Gasteiger partial charge in [0.1, 0.15) is 0 Å². The van der Waals surface area contributed by atoms with Crippen LogP contribution in [0, 0.1) is 0 Å². The Morgan fingerprint density at radius 3 is 2.38 bits per heavy atom. The minimum atomic E-state index is -1.16.